The van der Waals surface area contributed by atoms with Gasteiger partial charge in [-0.1, -0.05) is 0 Å². The zero-order valence-electron chi connectivity index (χ0n) is 19.5. The summed E-state index contributed by atoms with van der Waals surface area (Å²) < 4.78 is 0. The van der Waals surface area contributed by atoms with Crippen LogP contribution in [0.1, 0.15) is 45.4 Å². The third-order valence-corrected chi connectivity index (χ3v) is 7.68. The number of nitrogens with zero attached hydrogens (tertiary/aromatic N) is 5. The van der Waals surface area contributed by atoms with E-state index in [0.717, 1.165) is 56.8 Å². The Morgan fingerprint density at radius 2 is 1.61 bits per heavy atom. The molecule has 0 radical (unpaired) electrons. The fourth-order valence-electron chi connectivity index (χ4n) is 5.37. The summed E-state index contributed by atoms with van der Waals surface area (Å²) in [4.78, 5) is 30.1. The van der Waals surface area contributed by atoms with E-state index in [1.807, 2.05) is 21.0 Å². The molecular formula is C25H35N5O3. The Morgan fingerprint density at radius 1 is 0.970 bits per heavy atom. The molecule has 33 heavy (non-hydrogen) atoms. The van der Waals surface area contributed by atoms with Gasteiger partial charge in [0.1, 0.15) is 0 Å². The van der Waals surface area contributed by atoms with Gasteiger partial charge in [0.05, 0.1) is 17.3 Å². The van der Waals surface area contributed by atoms with Gasteiger partial charge in [0.25, 0.3) is 0 Å². The fourth-order valence-corrected chi connectivity index (χ4v) is 5.37. The molecule has 8 heteroatoms. The molecule has 0 aromatic heterocycles. The van der Waals surface area contributed by atoms with Crippen LogP contribution < -0.4 is 9.91 Å². The summed E-state index contributed by atoms with van der Waals surface area (Å²) in [5.74, 6) is 0.673. The van der Waals surface area contributed by atoms with Gasteiger partial charge in [0.2, 0.25) is 11.8 Å². The van der Waals surface area contributed by atoms with Crippen LogP contribution >= 0.6 is 0 Å². The van der Waals surface area contributed by atoms with Gasteiger partial charge in [-0.2, -0.15) is 5.10 Å². The molecule has 0 spiro atoms. The number of carbonyl (C=O) groups is 2. The molecule has 2 amide bonds. The summed E-state index contributed by atoms with van der Waals surface area (Å²) in [6, 6.07) is 8.58. The first-order chi connectivity index (χ1) is 15.9. The van der Waals surface area contributed by atoms with Crippen LogP contribution in [0.5, 0.6) is 0 Å². The van der Waals surface area contributed by atoms with Gasteiger partial charge in [-0.25, -0.2) is 0 Å². The fraction of sp³-hybridized carbons (Fsp3) is 0.640. The highest BCUT2D eigenvalue weighted by atomic mass is 16.3. The maximum absolute atomic E-state index is 12.3. The Morgan fingerprint density at radius 3 is 2.21 bits per heavy atom. The molecule has 1 saturated carbocycles. The molecular weight excluding hydrogens is 418 g/mol. The van der Waals surface area contributed by atoms with Gasteiger partial charge in [-0.3, -0.25) is 14.6 Å². The van der Waals surface area contributed by atoms with Gasteiger partial charge < -0.3 is 19.8 Å². The van der Waals surface area contributed by atoms with Crippen molar-refractivity contribution in [2.24, 2.45) is 11.0 Å². The number of benzene rings is 1. The van der Waals surface area contributed by atoms with E-state index in [1.54, 1.807) is 6.92 Å². The van der Waals surface area contributed by atoms with E-state index in [-0.39, 0.29) is 23.8 Å². The second kappa shape index (κ2) is 8.97. The number of piperazine rings is 1. The predicted molar refractivity (Wildman–Crippen MR) is 128 cm³/mol. The molecule has 1 aromatic carbocycles. The van der Waals surface area contributed by atoms with Gasteiger partial charge >= 0.3 is 0 Å². The molecule has 4 aliphatic rings. The number of hydrogen-bond donors (Lipinski definition) is 1. The Hall–Kier alpha value is -2.61. The van der Waals surface area contributed by atoms with Crippen LogP contribution in [0, 0.1) is 5.92 Å². The number of hydrogen-bond acceptors (Lipinski definition) is 6. The van der Waals surface area contributed by atoms with E-state index < -0.39 is 5.60 Å². The molecule has 1 aromatic rings. The predicted octanol–water partition coefficient (Wildman–Crippen LogP) is 2.07. The van der Waals surface area contributed by atoms with Gasteiger partial charge in [0.15, 0.2) is 0 Å². The lowest BCUT2D eigenvalue weighted by molar-refractivity contribution is -0.137. The zero-order chi connectivity index (χ0) is 23.0. The highest BCUT2D eigenvalue weighted by Gasteiger charge is 2.41. The van der Waals surface area contributed by atoms with Crippen LogP contribution in [0.2, 0.25) is 0 Å². The van der Waals surface area contributed by atoms with E-state index in [0.29, 0.717) is 32.4 Å². The second-order valence-electron chi connectivity index (χ2n) is 10.1. The van der Waals surface area contributed by atoms with Gasteiger partial charge in [0, 0.05) is 70.4 Å². The number of carbonyl (C=O) groups excluding carboxylic acids is 2. The van der Waals surface area contributed by atoms with E-state index in [9.17, 15) is 14.7 Å². The van der Waals surface area contributed by atoms with Crippen LogP contribution in [0.3, 0.4) is 0 Å². The quantitative estimate of drug-likeness (QED) is 0.738. The third kappa shape index (κ3) is 4.86. The first kappa shape index (κ1) is 22.2. The monoisotopic (exact) mass is 453 g/mol. The molecule has 3 heterocycles. The molecule has 1 N–H and O–H groups in total. The lowest BCUT2D eigenvalue weighted by atomic mass is 9.84. The number of rotatable bonds is 5. The molecule has 3 aliphatic heterocycles. The normalized spacial score (nSPS) is 25.0. The van der Waals surface area contributed by atoms with Crippen LogP contribution in [-0.2, 0) is 9.59 Å². The molecule has 1 aliphatic carbocycles. The highest BCUT2D eigenvalue weighted by Crippen LogP contribution is 2.36. The SMILES string of the molecule is CC(=O)N1CCN(c2ccc(N3N=CCC3CC3(O)CCN(C(=O)C4CC4)CC3)cc2)CC1. The van der Waals surface area contributed by atoms with Crippen molar-refractivity contribution < 1.29 is 14.7 Å². The minimum absolute atomic E-state index is 0.130. The van der Waals surface area contributed by atoms with Gasteiger partial charge in [-0.15, -0.1) is 0 Å². The Balaban J connectivity index is 1.17. The molecule has 3 fully saturated rings. The molecule has 1 atom stereocenters. The van der Waals surface area contributed by atoms with Crippen LogP contribution in [0.25, 0.3) is 0 Å². The summed E-state index contributed by atoms with van der Waals surface area (Å²) in [6.45, 7) is 6.16. The maximum Gasteiger partial charge on any atom is 0.225 e. The van der Waals surface area contributed by atoms with E-state index in [1.165, 1.54) is 0 Å². The summed E-state index contributed by atoms with van der Waals surface area (Å²) in [7, 11) is 0. The second-order valence-corrected chi connectivity index (χ2v) is 10.1. The average molecular weight is 454 g/mol. The first-order valence-corrected chi connectivity index (χ1v) is 12.4. The number of likely N-dealkylation sites (tertiary alicyclic amines) is 1. The summed E-state index contributed by atoms with van der Waals surface area (Å²) in [5.41, 5.74) is 1.45. The standard InChI is InChI=1S/C25H35N5O3/c1-19(31)27-14-16-28(17-15-27)21-4-6-22(7-5-21)30-23(8-11-26-30)18-25(33)9-12-29(13-10-25)24(32)20-2-3-20/h4-7,11,20,23,33H,2-3,8-10,12-18H2,1H3. The van der Waals surface area contributed by atoms with Crippen molar-refractivity contribution in [3.63, 3.8) is 0 Å². The highest BCUT2D eigenvalue weighted by molar-refractivity contribution is 5.81. The number of hydrazone groups is 1. The van der Waals surface area contributed by atoms with E-state index in [2.05, 4.69) is 34.3 Å². The van der Waals surface area contributed by atoms with E-state index >= 15 is 0 Å². The number of piperidine rings is 1. The molecule has 0 bridgehead atoms. The molecule has 1 unspecified atom stereocenters. The topological polar surface area (TPSA) is 79.7 Å². The Labute approximate surface area is 195 Å². The number of anilines is 2. The molecule has 178 valence electrons. The van der Waals surface area contributed by atoms with Crippen LogP contribution in [-0.4, -0.2) is 83.8 Å². The Bertz CT molecular complexity index is 897. The minimum atomic E-state index is -0.743. The van der Waals surface area contributed by atoms with Crippen molar-refractivity contribution in [3.8, 4) is 0 Å². The van der Waals surface area contributed by atoms with Crippen molar-refractivity contribution >= 4 is 29.4 Å². The molecule has 8 nitrogen and oxygen atoms in total. The molecule has 5 rings (SSSR count). The van der Waals surface area contributed by atoms with Gasteiger partial charge in [-0.05, 0) is 56.4 Å². The third-order valence-electron chi connectivity index (χ3n) is 7.68. The maximum atomic E-state index is 12.3. The average Bonchev–Trinajstić information content (AvgIpc) is 3.58. The van der Waals surface area contributed by atoms with Crippen LogP contribution in [0.4, 0.5) is 11.4 Å². The molecule has 2 saturated heterocycles. The Kier molecular flexibility index (Phi) is 6.03. The van der Waals surface area contributed by atoms with Crippen molar-refractivity contribution in [1.82, 2.24) is 9.80 Å². The number of aliphatic hydroxyl groups is 1. The summed E-state index contributed by atoms with van der Waals surface area (Å²) in [5, 5.41) is 17.9. The lowest BCUT2D eigenvalue weighted by Gasteiger charge is -2.40. The largest absolute Gasteiger partial charge is 0.390 e. The van der Waals surface area contributed by atoms with E-state index in [4.69, 9.17) is 0 Å². The summed E-state index contributed by atoms with van der Waals surface area (Å²) >= 11 is 0. The smallest absolute Gasteiger partial charge is 0.225 e. The van der Waals surface area contributed by atoms with Crippen molar-refractivity contribution in [1.29, 1.82) is 0 Å². The van der Waals surface area contributed by atoms with Crippen molar-refractivity contribution in [2.45, 2.75) is 57.1 Å². The first-order valence-electron chi connectivity index (χ1n) is 12.4. The van der Waals surface area contributed by atoms with Crippen molar-refractivity contribution in [3.05, 3.63) is 24.3 Å². The number of amides is 2. The zero-order valence-corrected chi connectivity index (χ0v) is 19.5. The summed E-state index contributed by atoms with van der Waals surface area (Å²) in [6.07, 6.45) is 6.76. The minimum Gasteiger partial charge on any atom is -0.390 e. The van der Waals surface area contributed by atoms with Crippen LogP contribution in [0.15, 0.2) is 29.4 Å². The lowest BCUT2D eigenvalue weighted by Crippen LogP contribution is -2.49. The van der Waals surface area contributed by atoms with Crippen molar-refractivity contribution in [2.75, 3.05) is 49.2 Å².